The zero-order valence-corrected chi connectivity index (χ0v) is 17.2. The summed E-state index contributed by atoms with van der Waals surface area (Å²) < 4.78 is 0. The van der Waals surface area contributed by atoms with Gasteiger partial charge in [-0.2, -0.15) is 0 Å². The van der Waals surface area contributed by atoms with Crippen molar-refractivity contribution >= 4 is 17.8 Å². The molecule has 0 saturated carbocycles. The summed E-state index contributed by atoms with van der Waals surface area (Å²) in [5.41, 5.74) is -0.375. The van der Waals surface area contributed by atoms with Crippen molar-refractivity contribution in [1.82, 2.24) is 25.8 Å². The summed E-state index contributed by atoms with van der Waals surface area (Å²) in [6.45, 7) is 14.6. The molecule has 0 unspecified atom stereocenters. The fourth-order valence-electron chi connectivity index (χ4n) is 2.64. The molecule has 8 heteroatoms. The van der Waals surface area contributed by atoms with E-state index in [2.05, 4.69) is 30.7 Å². The summed E-state index contributed by atoms with van der Waals surface area (Å²) in [7, 11) is 1.76. The summed E-state index contributed by atoms with van der Waals surface area (Å²) in [5.74, 6) is 0.953. The van der Waals surface area contributed by atoms with Gasteiger partial charge in [0.25, 0.3) is 0 Å². The van der Waals surface area contributed by atoms with Crippen molar-refractivity contribution in [3.63, 3.8) is 0 Å². The van der Waals surface area contributed by atoms with Gasteiger partial charge in [0.15, 0.2) is 5.96 Å². The zero-order valence-electron chi connectivity index (χ0n) is 17.2. The predicted molar refractivity (Wildman–Crippen MR) is 105 cm³/mol. The van der Waals surface area contributed by atoms with E-state index in [9.17, 15) is 9.59 Å². The number of nitrogens with one attached hydrogen (secondary N) is 3. The van der Waals surface area contributed by atoms with Gasteiger partial charge >= 0.3 is 0 Å². The van der Waals surface area contributed by atoms with Crippen LogP contribution in [0, 0.1) is 5.41 Å². The lowest BCUT2D eigenvalue weighted by Crippen LogP contribution is -2.54. The van der Waals surface area contributed by atoms with Crippen LogP contribution in [0.25, 0.3) is 0 Å². The van der Waals surface area contributed by atoms with Crippen molar-refractivity contribution < 1.29 is 9.59 Å². The minimum atomic E-state index is -0.375. The second kappa shape index (κ2) is 10.4. The van der Waals surface area contributed by atoms with Gasteiger partial charge in [0.2, 0.25) is 11.8 Å². The molecule has 0 bridgehead atoms. The number of guanidine groups is 1. The number of aliphatic imine (C=N–C) groups is 1. The molecule has 2 amide bonds. The average molecular weight is 369 g/mol. The molecule has 0 aliphatic carbocycles. The van der Waals surface area contributed by atoms with Crippen molar-refractivity contribution in [2.24, 2.45) is 10.4 Å². The highest BCUT2D eigenvalue weighted by atomic mass is 16.2. The van der Waals surface area contributed by atoms with E-state index in [4.69, 9.17) is 0 Å². The van der Waals surface area contributed by atoms with E-state index in [0.29, 0.717) is 19.6 Å². The standard InChI is InChI=1S/C18H36N6O2/c1-14(2)22-15(25)13-23-9-11-24(12-10-23)17(19-6)21-8-7-20-16(26)18(3,4)5/h14H,7-13H2,1-6H3,(H,19,21)(H,20,26)(H,22,25). The Morgan fingerprint density at radius 3 is 2.12 bits per heavy atom. The van der Waals surface area contributed by atoms with Crippen molar-refractivity contribution in [3.05, 3.63) is 0 Å². The van der Waals surface area contributed by atoms with Gasteiger partial charge in [-0.15, -0.1) is 0 Å². The largest absolute Gasteiger partial charge is 0.354 e. The van der Waals surface area contributed by atoms with Crippen LogP contribution in [0.2, 0.25) is 0 Å². The summed E-state index contributed by atoms with van der Waals surface area (Å²) in [4.78, 5) is 32.4. The van der Waals surface area contributed by atoms with Gasteiger partial charge in [-0.1, -0.05) is 20.8 Å². The molecule has 8 nitrogen and oxygen atoms in total. The maximum atomic E-state index is 11.9. The van der Waals surface area contributed by atoms with Gasteiger partial charge in [-0.3, -0.25) is 19.5 Å². The number of hydrogen-bond acceptors (Lipinski definition) is 4. The topological polar surface area (TPSA) is 89.1 Å². The number of nitrogens with zero attached hydrogens (tertiary/aromatic N) is 3. The minimum Gasteiger partial charge on any atom is -0.354 e. The molecule has 0 aromatic heterocycles. The van der Waals surface area contributed by atoms with E-state index in [1.54, 1.807) is 7.05 Å². The molecule has 0 atom stereocenters. The van der Waals surface area contributed by atoms with E-state index in [-0.39, 0.29) is 23.3 Å². The first-order chi connectivity index (χ1) is 12.1. The number of hydrogen-bond donors (Lipinski definition) is 3. The molecular weight excluding hydrogens is 332 g/mol. The number of amides is 2. The highest BCUT2D eigenvalue weighted by Gasteiger charge is 2.22. The quantitative estimate of drug-likeness (QED) is 0.345. The number of carbonyl (C=O) groups is 2. The van der Waals surface area contributed by atoms with Gasteiger partial charge < -0.3 is 20.9 Å². The lowest BCUT2D eigenvalue weighted by atomic mass is 9.96. The van der Waals surface area contributed by atoms with Crippen LogP contribution in [0.1, 0.15) is 34.6 Å². The maximum absolute atomic E-state index is 11.9. The Kier molecular flexibility index (Phi) is 8.84. The summed E-state index contributed by atoms with van der Waals surface area (Å²) in [6.07, 6.45) is 0. The van der Waals surface area contributed by atoms with Crippen molar-refractivity contribution in [3.8, 4) is 0 Å². The second-order valence-corrected chi connectivity index (χ2v) is 7.97. The Balaban J connectivity index is 2.31. The molecule has 1 rings (SSSR count). The van der Waals surface area contributed by atoms with Crippen LogP contribution in [-0.4, -0.2) is 86.5 Å². The Morgan fingerprint density at radius 2 is 1.62 bits per heavy atom. The molecule has 1 aliphatic rings. The monoisotopic (exact) mass is 368 g/mol. The molecule has 0 aromatic rings. The molecule has 26 heavy (non-hydrogen) atoms. The third-order valence-corrected chi connectivity index (χ3v) is 4.08. The molecule has 0 radical (unpaired) electrons. The third-order valence-electron chi connectivity index (χ3n) is 4.08. The van der Waals surface area contributed by atoms with E-state index < -0.39 is 0 Å². The summed E-state index contributed by atoms with van der Waals surface area (Å²) in [5, 5.41) is 9.14. The molecule has 1 heterocycles. The van der Waals surface area contributed by atoms with Crippen LogP contribution in [-0.2, 0) is 9.59 Å². The Hall–Kier alpha value is -1.83. The minimum absolute atomic E-state index is 0.0441. The predicted octanol–water partition coefficient (Wildman–Crippen LogP) is -0.134. The highest BCUT2D eigenvalue weighted by molar-refractivity contribution is 5.82. The average Bonchev–Trinajstić information content (AvgIpc) is 2.54. The first-order valence-electron chi connectivity index (χ1n) is 9.39. The number of carbonyl (C=O) groups excluding carboxylic acids is 2. The maximum Gasteiger partial charge on any atom is 0.234 e. The zero-order chi connectivity index (χ0) is 19.7. The van der Waals surface area contributed by atoms with Crippen LogP contribution in [0.4, 0.5) is 0 Å². The van der Waals surface area contributed by atoms with Gasteiger partial charge in [-0.25, -0.2) is 0 Å². The normalized spacial score (nSPS) is 16.6. The van der Waals surface area contributed by atoms with Gasteiger partial charge in [0.1, 0.15) is 0 Å². The fraction of sp³-hybridized carbons (Fsp3) is 0.833. The molecular formula is C18H36N6O2. The fourth-order valence-corrected chi connectivity index (χ4v) is 2.64. The van der Waals surface area contributed by atoms with Crippen LogP contribution >= 0.6 is 0 Å². The summed E-state index contributed by atoms with van der Waals surface area (Å²) >= 11 is 0. The molecule has 1 fully saturated rings. The third kappa shape index (κ3) is 8.03. The van der Waals surface area contributed by atoms with Crippen molar-refractivity contribution in [2.75, 3.05) is 52.9 Å². The van der Waals surface area contributed by atoms with Crippen molar-refractivity contribution in [1.29, 1.82) is 0 Å². The highest BCUT2D eigenvalue weighted by Crippen LogP contribution is 2.11. The first-order valence-corrected chi connectivity index (χ1v) is 9.39. The van der Waals surface area contributed by atoms with Crippen LogP contribution in [0.15, 0.2) is 4.99 Å². The summed E-state index contributed by atoms with van der Waals surface area (Å²) in [6, 6.07) is 0.172. The van der Waals surface area contributed by atoms with Crippen LogP contribution in [0.3, 0.4) is 0 Å². The smallest absolute Gasteiger partial charge is 0.234 e. The van der Waals surface area contributed by atoms with Gasteiger partial charge in [0.05, 0.1) is 6.54 Å². The molecule has 0 spiro atoms. The molecule has 3 N–H and O–H groups in total. The molecule has 1 saturated heterocycles. The first kappa shape index (κ1) is 22.2. The second-order valence-electron chi connectivity index (χ2n) is 7.97. The lowest BCUT2D eigenvalue weighted by Gasteiger charge is -2.36. The van der Waals surface area contributed by atoms with Gasteiger partial charge in [0, 0.05) is 57.8 Å². The van der Waals surface area contributed by atoms with Crippen molar-refractivity contribution in [2.45, 2.75) is 40.7 Å². The van der Waals surface area contributed by atoms with E-state index in [0.717, 1.165) is 32.1 Å². The molecule has 1 aliphatic heterocycles. The van der Waals surface area contributed by atoms with Gasteiger partial charge in [-0.05, 0) is 13.8 Å². The Bertz CT molecular complexity index is 490. The van der Waals surface area contributed by atoms with E-state index in [1.807, 2.05) is 34.6 Å². The lowest BCUT2D eigenvalue weighted by molar-refractivity contribution is -0.128. The Morgan fingerprint density at radius 1 is 1.04 bits per heavy atom. The molecule has 0 aromatic carbocycles. The van der Waals surface area contributed by atoms with Crippen LogP contribution < -0.4 is 16.0 Å². The number of rotatable bonds is 6. The SMILES string of the molecule is CN=C(NCCNC(=O)C(C)(C)C)N1CCN(CC(=O)NC(C)C)CC1. The van der Waals surface area contributed by atoms with E-state index >= 15 is 0 Å². The van der Waals surface area contributed by atoms with Crippen LogP contribution in [0.5, 0.6) is 0 Å². The number of piperazine rings is 1. The van der Waals surface area contributed by atoms with E-state index in [1.165, 1.54) is 0 Å². The Labute approximate surface area is 157 Å². The molecule has 150 valence electrons.